The number of nitrogens with zero attached hydrogens (tertiary/aromatic N) is 1. The third kappa shape index (κ3) is 4.05. The minimum absolute atomic E-state index is 0.00979. The average molecular weight is 708 g/mol. The van der Waals surface area contributed by atoms with Crippen LogP contribution < -0.4 is 0 Å². The van der Waals surface area contributed by atoms with Gasteiger partial charge in [-0.25, -0.2) is 0 Å². The fourth-order valence-electron chi connectivity index (χ4n) is 9.47. The first-order chi connectivity index (χ1) is 26.5. The summed E-state index contributed by atoms with van der Waals surface area (Å²) in [6, 6.07) is 60.3. The Morgan fingerprint density at radius 1 is 0.463 bits per heavy atom. The molecule has 11 aromatic rings. The van der Waals surface area contributed by atoms with Crippen LogP contribution in [-0.4, -0.2) is 4.57 Å². The van der Waals surface area contributed by atoms with E-state index >= 15 is 0 Å². The summed E-state index contributed by atoms with van der Waals surface area (Å²) in [6.45, 7) is 4.69. The van der Waals surface area contributed by atoms with Crippen LogP contribution in [0.15, 0.2) is 168 Å². The molecule has 0 saturated carbocycles. The largest absolute Gasteiger partial charge is 0.456 e. The van der Waals surface area contributed by atoms with Crippen molar-refractivity contribution in [2.75, 3.05) is 0 Å². The van der Waals surface area contributed by atoms with Gasteiger partial charge in [-0.2, -0.15) is 0 Å². The van der Waals surface area contributed by atoms with Crippen molar-refractivity contribution in [2.24, 2.45) is 0 Å². The Bertz CT molecular complexity index is 3370. The molecule has 0 radical (unpaired) electrons. The Morgan fingerprint density at radius 3 is 2.07 bits per heavy atom. The molecule has 1 aliphatic rings. The summed E-state index contributed by atoms with van der Waals surface area (Å²) in [6.07, 6.45) is 0. The molecule has 0 aliphatic heterocycles. The van der Waals surface area contributed by atoms with E-state index in [1.807, 2.05) is 11.3 Å². The van der Waals surface area contributed by atoms with Crippen LogP contribution in [0.2, 0.25) is 0 Å². The minimum Gasteiger partial charge on any atom is -0.456 e. The second-order valence-electron chi connectivity index (χ2n) is 15.3. The monoisotopic (exact) mass is 707 g/mol. The lowest BCUT2D eigenvalue weighted by Crippen LogP contribution is -2.14. The molecule has 3 heteroatoms. The van der Waals surface area contributed by atoms with Gasteiger partial charge in [0.15, 0.2) is 0 Å². The van der Waals surface area contributed by atoms with E-state index in [4.69, 9.17) is 4.42 Å². The molecule has 0 amide bonds. The van der Waals surface area contributed by atoms with E-state index < -0.39 is 0 Å². The van der Waals surface area contributed by atoms with Gasteiger partial charge in [0, 0.05) is 58.8 Å². The highest BCUT2D eigenvalue weighted by atomic mass is 32.1. The van der Waals surface area contributed by atoms with Gasteiger partial charge in [0.05, 0.1) is 16.7 Å². The van der Waals surface area contributed by atoms with Crippen LogP contribution in [-0.2, 0) is 5.41 Å². The zero-order valence-corrected chi connectivity index (χ0v) is 30.7. The summed E-state index contributed by atoms with van der Waals surface area (Å²) in [7, 11) is 0. The van der Waals surface area contributed by atoms with E-state index in [0.717, 1.165) is 27.6 Å². The molecule has 0 saturated heterocycles. The van der Waals surface area contributed by atoms with Crippen molar-refractivity contribution in [3.05, 3.63) is 175 Å². The van der Waals surface area contributed by atoms with Crippen molar-refractivity contribution in [1.29, 1.82) is 0 Å². The molecule has 8 aromatic carbocycles. The molecule has 54 heavy (non-hydrogen) atoms. The summed E-state index contributed by atoms with van der Waals surface area (Å²) >= 11 is 1.87. The van der Waals surface area contributed by atoms with Gasteiger partial charge in [0.25, 0.3) is 0 Å². The summed E-state index contributed by atoms with van der Waals surface area (Å²) in [4.78, 5) is 0. The smallest absolute Gasteiger partial charge is 0.138 e. The van der Waals surface area contributed by atoms with Gasteiger partial charge in [-0.1, -0.05) is 129 Å². The molecule has 0 spiro atoms. The molecule has 3 aromatic heterocycles. The predicted molar refractivity (Wildman–Crippen MR) is 229 cm³/mol. The molecule has 1 aliphatic carbocycles. The Morgan fingerprint density at radius 2 is 1.15 bits per heavy atom. The van der Waals surface area contributed by atoms with Crippen LogP contribution >= 0.6 is 11.3 Å². The first kappa shape index (κ1) is 30.1. The third-order valence-electron chi connectivity index (χ3n) is 12.0. The van der Waals surface area contributed by atoms with Crippen LogP contribution in [0.5, 0.6) is 0 Å². The highest BCUT2D eigenvalue weighted by Gasteiger charge is 2.35. The zero-order chi connectivity index (χ0) is 35.7. The van der Waals surface area contributed by atoms with Crippen molar-refractivity contribution >= 4 is 75.3 Å². The highest BCUT2D eigenvalue weighted by molar-refractivity contribution is 7.26. The van der Waals surface area contributed by atoms with Gasteiger partial charge in [-0.05, 0) is 81.4 Å². The zero-order valence-electron chi connectivity index (χ0n) is 29.9. The molecule has 254 valence electrons. The van der Waals surface area contributed by atoms with E-state index in [0.29, 0.717) is 0 Å². The fourth-order valence-corrected chi connectivity index (χ4v) is 10.7. The summed E-state index contributed by atoms with van der Waals surface area (Å²) in [5.74, 6) is 0. The van der Waals surface area contributed by atoms with Gasteiger partial charge in [0.1, 0.15) is 11.2 Å². The number of benzene rings is 8. The molecule has 0 atom stereocenters. The number of para-hydroxylation sites is 2. The maximum Gasteiger partial charge on any atom is 0.138 e. The average Bonchev–Trinajstić information content (AvgIpc) is 3.94. The lowest BCUT2D eigenvalue weighted by molar-refractivity contribution is 0.660. The molecule has 2 nitrogen and oxygen atoms in total. The lowest BCUT2D eigenvalue weighted by atomic mass is 9.82. The molecule has 0 fully saturated rings. The second-order valence-corrected chi connectivity index (χ2v) is 16.3. The first-order valence-corrected chi connectivity index (χ1v) is 19.5. The maximum absolute atomic E-state index is 6.69. The van der Waals surface area contributed by atoms with E-state index in [-0.39, 0.29) is 5.41 Å². The molecular formula is C51H33NOS. The van der Waals surface area contributed by atoms with Crippen molar-refractivity contribution in [3.8, 4) is 39.1 Å². The molecule has 3 heterocycles. The Balaban J connectivity index is 1.10. The normalized spacial score (nSPS) is 13.5. The number of hydrogen-bond donors (Lipinski definition) is 0. The van der Waals surface area contributed by atoms with Crippen molar-refractivity contribution < 1.29 is 4.42 Å². The molecule has 0 N–H and O–H groups in total. The Hall–Kier alpha value is -6.42. The van der Waals surface area contributed by atoms with E-state index in [9.17, 15) is 0 Å². The Kier molecular flexibility index (Phi) is 6.03. The second kappa shape index (κ2) is 10.8. The van der Waals surface area contributed by atoms with E-state index in [2.05, 4.69) is 182 Å². The van der Waals surface area contributed by atoms with E-state index in [1.165, 1.54) is 86.5 Å². The number of aromatic nitrogens is 1. The summed E-state index contributed by atoms with van der Waals surface area (Å²) in [5.41, 5.74) is 15.6. The van der Waals surface area contributed by atoms with Gasteiger partial charge in [0.2, 0.25) is 0 Å². The van der Waals surface area contributed by atoms with Crippen LogP contribution in [0.1, 0.15) is 25.0 Å². The quantitative estimate of drug-likeness (QED) is 0.179. The minimum atomic E-state index is -0.00979. The number of thiophene rings is 1. The predicted octanol–water partition coefficient (Wildman–Crippen LogP) is 14.7. The number of hydrogen-bond acceptors (Lipinski definition) is 2. The van der Waals surface area contributed by atoms with Gasteiger partial charge in [-0.3, -0.25) is 0 Å². The first-order valence-electron chi connectivity index (χ1n) is 18.7. The van der Waals surface area contributed by atoms with Crippen LogP contribution in [0.25, 0.3) is 103 Å². The number of furan rings is 1. The van der Waals surface area contributed by atoms with Crippen molar-refractivity contribution in [3.63, 3.8) is 0 Å². The van der Waals surface area contributed by atoms with Crippen molar-refractivity contribution in [1.82, 2.24) is 4.57 Å². The maximum atomic E-state index is 6.69. The number of fused-ring (bicyclic) bond motifs is 12. The number of rotatable bonds is 3. The van der Waals surface area contributed by atoms with Crippen molar-refractivity contribution in [2.45, 2.75) is 19.3 Å². The van der Waals surface area contributed by atoms with Gasteiger partial charge < -0.3 is 8.98 Å². The SMILES string of the molecule is CC1(C)c2ccccc2-c2cc(-c3ccc4c(c3)c3ccccc3n4-c3cc(-c4cccc5c4sc4ccccc45)c4c(c3)oc3ccccc34)ccc21. The van der Waals surface area contributed by atoms with Crippen LogP contribution in [0.3, 0.4) is 0 Å². The Labute approximate surface area is 316 Å². The lowest BCUT2D eigenvalue weighted by Gasteiger charge is -2.21. The third-order valence-corrected chi connectivity index (χ3v) is 13.2. The van der Waals surface area contributed by atoms with Crippen LogP contribution in [0.4, 0.5) is 0 Å². The fraction of sp³-hybridized carbons (Fsp3) is 0.0588. The standard InChI is InChI=1S/C51H33NOS/c1-51(2)42-18-7-3-12-33(42)39-26-30(22-24-43(39)51)31-23-25-45-40(27-31)34-13-4-8-19-44(34)52(45)32-28-41(49-38-15-5-9-20-46(38)53-47(49)29-32)37-17-11-16-36-35-14-6-10-21-48(35)54-50(36)37/h3-29H,1-2H3. The molecule has 12 rings (SSSR count). The summed E-state index contributed by atoms with van der Waals surface area (Å²) in [5, 5.41) is 7.37. The topological polar surface area (TPSA) is 18.1 Å². The molecular weight excluding hydrogens is 675 g/mol. The van der Waals surface area contributed by atoms with Gasteiger partial charge >= 0.3 is 0 Å². The van der Waals surface area contributed by atoms with Gasteiger partial charge in [-0.15, -0.1) is 11.3 Å². The highest BCUT2D eigenvalue weighted by Crippen LogP contribution is 2.50. The summed E-state index contributed by atoms with van der Waals surface area (Å²) < 4.78 is 11.7. The van der Waals surface area contributed by atoms with Crippen LogP contribution in [0, 0.1) is 0 Å². The molecule has 0 bridgehead atoms. The molecule has 0 unspecified atom stereocenters. The van der Waals surface area contributed by atoms with E-state index in [1.54, 1.807) is 0 Å².